The van der Waals surface area contributed by atoms with E-state index in [1.165, 1.54) is 20.3 Å². The highest BCUT2D eigenvalue weighted by atomic mass is 19.4. The number of unbranched alkanes of at least 4 members (excludes halogenated alkanes) is 2. The summed E-state index contributed by atoms with van der Waals surface area (Å²) in [6.45, 7) is 17.9. The zero-order valence-corrected chi connectivity index (χ0v) is 42.0. The predicted molar refractivity (Wildman–Crippen MR) is 252 cm³/mol. The number of ether oxygens (including phenoxy) is 3. The maximum atomic E-state index is 14.8. The highest BCUT2D eigenvalue weighted by Gasteiger charge is 2.41. The Morgan fingerprint density at radius 2 is 0.956 bits per heavy atom. The van der Waals surface area contributed by atoms with Crippen molar-refractivity contribution >= 4 is 0 Å². The van der Waals surface area contributed by atoms with Gasteiger partial charge in [-0.25, -0.2) is 4.39 Å². The number of hydrogen-bond acceptors (Lipinski definition) is 4. The van der Waals surface area contributed by atoms with Gasteiger partial charge in [0.1, 0.15) is 18.2 Å². The third kappa shape index (κ3) is 12.2. The van der Waals surface area contributed by atoms with Crippen LogP contribution in [-0.4, -0.2) is 44.9 Å². The van der Waals surface area contributed by atoms with Gasteiger partial charge in [-0.1, -0.05) is 88.0 Å². The Hall–Kier alpha value is -4.30. The minimum atomic E-state index is -5.18. The molecule has 1 atom stereocenters. The highest BCUT2D eigenvalue weighted by Crippen LogP contribution is 2.53. The minimum Gasteiger partial charge on any atom is -0.496 e. The molecule has 0 radical (unpaired) electrons. The molecule has 14 heteroatoms. The first-order chi connectivity index (χ1) is 31.4. The van der Waals surface area contributed by atoms with E-state index < -0.39 is 63.9 Å². The van der Waals surface area contributed by atoms with Gasteiger partial charge in [0.2, 0.25) is 0 Å². The van der Waals surface area contributed by atoms with Crippen molar-refractivity contribution in [2.45, 2.75) is 168 Å². The summed E-state index contributed by atoms with van der Waals surface area (Å²) < 4.78 is 166. The lowest BCUT2D eigenvalue weighted by atomic mass is 9.75. The van der Waals surface area contributed by atoms with Crippen LogP contribution in [0.4, 0.5) is 43.9 Å². The van der Waals surface area contributed by atoms with Gasteiger partial charge in [-0.3, -0.25) is 4.90 Å². The van der Waals surface area contributed by atoms with Crippen molar-refractivity contribution in [2.75, 3.05) is 28.4 Å². The van der Waals surface area contributed by atoms with Crippen molar-refractivity contribution in [3.63, 3.8) is 0 Å². The predicted octanol–water partition coefficient (Wildman–Crippen LogP) is 17.0. The first-order valence-corrected chi connectivity index (χ1v) is 23.2. The van der Waals surface area contributed by atoms with Crippen LogP contribution in [0.25, 0.3) is 33.4 Å². The number of hydrogen-bond donors (Lipinski definition) is 0. The number of rotatable bonds is 18. The summed E-state index contributed by atoms with van der Waals surface area (Å²) in [4.78, 5) is 1.99. The number of halogens is 10. The lowest BCUT2D eigenvalue weighted by Crippen LogP contribution is -2.51. The average molecular weight is 970 g/mol. The molecule has 4 aromatic rings. The second-order valence-electron chi connectivity index (χ2n) is 20.0. The van der Waals surface area contributed by atoms with Crippen molar-refractivity contribution in [1.29, 1.82) is 0 Å². The first-order valence-electron chi connectivity index (χ1n) is 23.2. The molecule has 0 heterocycles. The zero-order valence-electron chi connectivity index (χ0n) is 42.0. The van der Waals surface area contributed by atoms with Crippen LogP contribution in [0.15, 0.2) is 48.5 Å². The number of methoxy groups -OCH3 is 3. The fourth-order valence-corrected chi connectivity index (χ4v) is 9.40. The minimum absolute atomic E-state index is 0.00813. The molecule has 0 aromatic heterocycles. The largest absolute Gasteiger partial charge is 0.496 e. The molecule has 0 saturated heterocycles. The van der Waals surface area contributed by atoms with Gasteiger partial charge in [-0.05, 0) is 132 Å². The van der Waals surface area contributed by atoms with Crippen LogP contribution in [0.1, 0.15) is 152 Å². The summed E-state index contributed by atoms with van der Waals surface area (Å²) in [5.41, 5.74) is -4.15. The summed E-state index contributed by atoms with van der Waals surface area (Å²) in [6, 6.07) is 7.88. The fourth-order valence-electron chi connectivity index (χ4n) is 9.40. The van der Waals surface area contributed by atoms with Crippen LogP contribution in [0.3, 0.4) is 0 Å². The summed E-state index contributed by atoms with van der Waals surface area (Å²) in [5.74, 6) is 0.303. The third-order valence-electron chi connectivity index (χ3n) is 13.2. The molecule has 0 unspecified atom stereocenters. The maximum absolute atomic E-state index is 14.8. The molecule has 0 amide bonds. The Balaban J connectivity index is 2.44. The maximum Gasteiger partial charge on any atom is 0.416 e. The normalized spacial score (nSPS) is 13.7. The lowest BCUT2D eigenvalue weighted by molar-refractivity contribution is -0.143. The molecule has 0 aliphatic heterocycles. The van der Waals surface area contributed by atoms with Crippen molar-refractivity contribution in [1.82, 2.24) is 4.90 Å². The van der Waals surface area contributed by atoms with E-state index in [-0.39, 0.29) is 58.8 Å². The quantitative estimate of drug-likeness (QED) is 0.0930. The topological polar surface area (TPSA) is 30.9 Å². The SMILES string of the molecule is CCCCC(CCCC)(OC)[C@H](C)N(C)Cc1c(-c2cc(C(C)(C)C)c(OC)c(-c3cc(CF)cc(C(F)(F)F)c3)c2CC)cc(C(C)(C)C)c(OC)c1-c1cc(C(F)(F)F)cc(C(F)(F)F)c1. The molecule has 378 valence electrons. The van der Waals surface area contributed by atoms with E-state index in [4.69, 9.17) is 14.2 Å². The molecule has 0 saturated carbocycles. The summed E-state index contributed by atoms with van der Waals surface area (Å²) in [7, 11) is 6.21. The van der Waals surface area contributed by atoms with E-state index in [0.29, 0.717) is 58.4 Å². The molecule has 68 heavy (non-hydrogen) atoms. The van der Waals surface area contributed by atoms with Crippen LogP contribution in [-0.2, 0) is 53.7 Å². The molecular weight excluding hydrogens is 901 g/mol. The van der Waals surface area contributed by atoms with Crippen LogP contribution in [0, 0.1) is 0 Å². The van der Waals surface area contributed by atoms with Crippen molar-refractivity contribution < 1.29 is 58.1 Å². The molecule has 4 aromatic carbocycles. The molecular formula is C54H69F10NO3. The van der Waals surface area contributed by atoms with Crippen molar-refractivity contribution in [2.24, 2.45) is 0 Å². The van der Waals surface area contributed by atoms with E-state index in [1.807, 2.05) is 72.5 Å². The monoisotopic (exact) mass is 970 g/mol. The van der Waals surface area contributed by atoms with Gasteiger partial charge in [-0.2, -0.15) is 39.5 Å². The Morgan fingerprint density at radius 1 is 0.559 bits per heavy atom. The molecule has 0 fully saturated rings. The van der Waals surface area contributed by atoms with Gasteiger partial charge in [0, 0.05) is 42.0 Å². The number of nitrogens with zero attached hydrogens (tertiary/aromatic N) is 1. The van der Waals surface area contributed by atoms with Gasteiger partial charge in [-0.15, -0.1) is 0 Å². The highest BCUT2D eigenvalue weighted by molar-refractivity contribution is 5.91. The van der Waals surface area contributed by atoms with Crippen LogP contribution in [0.2, 0.25) is 0 Å². The third-order valence-corrected chi connectivity index (χ3v) is 13.2. The Bertz CT molecular complexity index is 2330. The van der Waals surface area contributed by atoms with Gasteiger partial charge in [0.15, 0.2) is 0 Å². The second-order valence-corrected chi connectivity index (χ2v) is 20.0. The standard InChI is InChI=1S/C54H69F10NO3/c1-15-18-20-51(68-14,21-19-16-2)32(4)65(11)31-42-41(29-44(50(8,9)10)48(67-13)46(42)35-25-37(53(59,60)61)27-38(26-35)54(62,63)64)40-28-43(49(5,6)7)47(66-12)45(39(40)17-3)34-22-33(30-55)23-36(24-34)52(56,57)58/h22-29,32H,15-21,30-31H2,1-14H3/t32-/m0/s1. The van der Waals surface area contributed by atoms with E-state index in [1.54, 1.807) is 14.0 Å². The van der Waals surface area contributed by atoms with E-state index in [9.17, 15) is 43.9 Å². The number of likely N-dealkylation sites (N-methyl/N-ethyl adjacent to an activating group) is 1. The van der Waals surface area contributed by atoms with Crippen LogP contribution >= 0.6 is 0 Å². The van der Waals surface area contributed by atoms with Crippen molar-refractivity contribution in [3.05, 3.63) is 93.0 Å². The molecule has 4 rings (SSSR count). The molecule has 0 N–H and O–H groups in total. The molecule has 4 nitrogen and oxygen atoms in total. The first kappa shape index (κ1) is 56.3. The Kier molecular flexibility index (Phi) is 17.7. The van der Waals surface area contributed by atoms with E-state index >= 15 is 0 Å². The van der Waals surface area contributed by atoms with Gasteiger partial charge in [0.25, 0.3) is 0 Å². The molecule has 0 spiro atoms. The van der Waals surface area contributed by atoms with Crippen molar-refractivity contribution in [3.8, 4) is 44.9 Å². The van der Waals surface area contributed by atoms with Gasteiger partial charge < -0.3 is 14.2 Å². The van der Waals surface area contributed by atoms with Crippen LogP contribution < -0.4 is 9.47 Å². The smallest absolute Gasteiger partial charge is 0.416 e. The van der Waals surface area contributed by atoms with Gasteiger partial charge in [0.05, 0.1) is 36.5 Å². The fraction of sp³-hybridized carbons (Fsp3) is 0.556. The second kappa shape index (κ2) is 21.4. The Morgan fingerprint density at radius 3 is 1.31 bits per heavy atom. The summed E-state index contributed by atoms with van der Waals surface area (Å²) in [6.07, 6.45) is -10.3. The molecule has 0 aliphatic carbocycles. The molecule has 0 aliphatic rings. The van der Waals surface area contributed by atoms with E-state index in [0.717, 1.165) is 37.8 Å². The Labute approximate surface area is 396 Å². The summed E-state index contributed by atoms with van der Waals surface area (Å²) in [5, 5.41) is 0. The zero-order chi connectivity index (χ0) is 51.5. The number of alkyl halides is 10. The lowest BCUT2D eigenvalue weighted by Gasteiger charge is -2.43. The number of benzene rings is 4. The average Bonchev–Trinajstić information content (AvgIpc) is 3.25. The molecule has 0 bridgehead atoms. The van der Waals surface area contributed by atoms with Gasteiger partial charge >= 0.3 is 18.5 Å². The van der Waals surface area contributed by atoms with E-state index in [2.05, 4.69) is 13.8 Å². The van der Waals surface area contributed by atoms with Crippen LogP contribution in [0.5, 0.6) is 11.5 Å². The summed E-state index contributed by atoms with van der Waals surface area (Å²) >= 11 is 0.